The summed E-state index contributed by atoms with van der Waals surface area (Å²) in [4.78, 5) is 11.8. The van der Waals surface area contributed by atoms with Crippen molar-refractivity contribution in [3.05, 3.63) is 35.4 Å². The van der Waals surface area contributed by atoms with Crippen LogP contribution >= 0.6 is 0 Å². The van der Waals surface area contributed by atoms with Crippen LogP contribution in [0.1, 0.15) is 37.9 Å². The number of hydrogen-bond acceptors (Lipinski definition) is 3. The quantitative estimate of drug-likeness (QED) is 0.810. The first-order valence-electron chi connectivity index (χ1n) is 8.16. The molecule has 1 unspecified atom stereocenters. The molecule has 4 nitrogen and oxygen atoms in total. The highest BCUT2D eigenvalue weighted by molar-refractivity contribution is 5.77. The zero-order chi connectivity index (χ0) is 16.7. The monoisotopic (exact) mass is 326 g/mol. The highest BCUT2D eigenvalue weighted by atomic mass is 19.2. The van der Waals surface area contributed by atoms with Crippen molar-refractivity contribution in [1.82, 2.24) is 10.6 Å². The molecule has 128 valence electrons. The molecule has 0 saturated carbocycles. The van der Waals surface area contributed by atoms with Crippen molar-refractivity contribution in [2.45, 2.75) is 32.3 Å². The summed E-state index contributed by atoms with van der Waals surface area (Å²) in [7, 11) is 0. The smallest absolute Gasteiger partial charge is 0.246 e. The van der Waals surface area contributed by atoms with Gasteiger partial charge in [-0.25, -0.2) is 8.78 Å². The zero-order valence-corrected chi connectivity index (χ0v) is 13.4. The van der Waals surface area contributed by atoms with Gasteiger partial charge >= 0.3 is 0 Å². The van der Waals surface area contributed by atoms with E-state index < -0.39 is 17.7 Å². The summed E-state index contributed by atoms with van der Waals surface area (Å²) in [6, 6.07) is 4.09. The number of carbonyl (C=O) groups excluding carboxylic acids is 1. The van der Waals surface area contributed by atoms with Gasteiger partial charge in [0.2, 0.25) is 5.91 Å². The third-order valence-electron chi connectivity index (χ3n) is 4.02. The second kappa shape index (κ2) is 8.93. The number of nitrogens with one attached hydrogen (secondary N) is 2. The predicted molar refractivity (Wildman–Crippen MR) is 83.9 cm³/mol. The fourth-order valence-electron chi connectivity index (χ4n) is 2.84. The molecule has 2 N–H and O–H groups in total. The molecule has 6 heteroatoms. The molecule has 1 amide bonds. The van der Waals surface area contributed by atoms with Crippen molar-refractivity contribution in [3.8, 4) is 0 Å². The maximum absolute atomic E-state index is 14.2. The SMILES string of the molecule is CCCNC(=O)COC(c1cccc(F)c1F)[C@@H]1CCCNC1. The molecule has 0 aromatic heterocycles. The fourth-order valence-corrected chi connectivity index (χ4v) is 2.84. The number of carbonyl (C=O) groups is 1. The molecule has 0 aliphatic carbocycles. The van der Waals surface area contributed by atoms with E-state index in [-0.39, 0.29) is 24.0 Å². The number of piperidine rings is 1. The number of ether oxygens (including phenoxy) is 1. The van der Waals surface area contributed by atoms with Crippen molar-refractivity contribution in [1.29, 1.82) is 0 Å². The van der Waals surface area contributed by atoms with Crippen LogP contribution in [0, 0.1) is 17.6 Å². The molecule has 2 atom stereocenters. The van der Waals surface area contributed by atoms with Crippen LogP contribution in [0.4, 0.5) is 8.78 Å². The van der Waals surface area contributed by atoms with Crippen LogP contribution in [-0.4, -0.2) is 32.1 Å². The summed E-state index contributed by atoms with van der Waals surface area (Å²) in [6.45, 7) is 3.95. The Balaban J connectivity index is 2.11. The lowest BCUT2D eigenvalue weighted by Gasteiger charge is -2.31. The molecule has 1 aromatic rings. The molecule has 0 radical (unpaired) electrons. The normalized spacial score (nSPS) is 19.3. The Kier molecular flexibility index (Phi) is 6.92. The summed E-state index contributed by atoms with van der Waals surface area (Å²) < 4.78 is 33.4. The van der Waals surface area contributed by atoms with Crippen molar-refractivity contribution in [2.24, 2.45) is 5.92 Å². The fraction of sp³-hybridized carbons (Fsp3) is 0.588. The first kappa shape index (κ1) is 17.8. The van der Waals surface area contributed by atoms with Crippen molar-refractivity contribution in [2.75, 3.05) is 26.2 Å². The molecule has 1 heterocycles. The van der Waals surface area contributed by atoms with E-state index in [0.717, 1.165) is 31.9 Å². The number of hydrogen-bond donors (Lipinski definition) is 2. The predicted octanol–water partition coefficient (Wildman–Crippen LogP) is 2.55. The number of benzene rings is 1. The molecule has 1 aliphatic heterocycles. The van der Waals surface area contributed by atoms with Gasteiger partial charge in [-0.05, 0) is 31.9 Å². The third-order valence-corrected chi connectivity index (χ3v) is 4.02. The van der Waals surface area contributed by atoms with Gasteiger partial charge in [0.15, 0.2) is 11.6 Å². The average molecular weight is 326 g/mol. The minimum absolute atomic E-state index is 0.0130. The van der Waals surface area contributed by atoms with Crippen LogP contribution in [0.2, 0.25) is 0 Å². The van der Waals surface area contributed by atoms with E-state index in [1.54, 1.807) is 0 Å². The number of amides is 1. The van der Waals surface area contributed by atoms with Crippen LogP contribution in [0.5, 0.6) is 0 Å². The molecule has 2 rings (SSSR count). The van der Waals surface area contributed by atoms with E-state index in [1.165, 1.54) is 12.1 Å². The van der Waals surface area contributed by atoms with Gasteiger partial charge in [0.1, 0.15) is 6.61 Å². The molecule has 1 aliphatic rings. The van der Waals surface area contributed by atoms with Gasteiger partial charge in [-0.2, -0.15) is 0 Å². The molecular formula is C17H24F2N2O2. The molecule has 0 bridgehead atoms. The van der Waals surface area contributed by atoms with Crippen LogP contribution < -0.4 is 10.6 Å². The van der Waals surface area contributed by atoms with E-state index >= 15 is 0 Å². The minimum atomic E-state index is -0.893. The van der Waals surface area contributed by atoms with Crippen molar-refractivity contribution in [3.63, 3.8) is 0 Å². The highest BCUT2D eigenvalue weighted by Gasteiger charge is 2.29. The molecule has 1 saturated heterocycles. The van der Waals surface area contributed by atoms with Gasteiger partial charge in [0, 0.05) is 24.6 Å². The molecule has 1 fully saturated rings. The summed E-state index contributed by atoms with van der Waals surface area (Å²) in [6.07, 6.45) is 2.00. The van der Waals surface area contributed by atoms with E-state index in [4.69, 9.17) is 4.74 Å². The van der Waals surface area contributed by atoms with Crippen molar-refractivity contribution < 1.29 is 18.3 Å². The summed E-state index contributed by atoms with van der Waals surface area (Å²) >= 11 is 0. The maximum atomic E-state index is 14.2. The maximum Gasteiger partial charge on any atom is 0.246 e. The van der Waals surface area contributed by atoms with Crippen LogP contribution in [0.3, 0.4) is 0 Å². The van der Waals surface area contributed by atoms with Crippen molar-refractivity contribution >= 4 is 5.91 Å². The average Bonchev–Trinajstić information content (AvgIpc) is 2.57. The van der Waals surface area contributed by atoms with Crippen LogP contribution in [-0.2, 0) is 9.53 Å². The Morgan fingerprint density at radius 3 is 3.00 bits per heavy atom. The second-order valence-electron chi connectivity index (χ2n) is 5.83. The minimum Gasteiger partial charge on any atom is -0.363 e. The van der Waals surface area contributed by atoms with E-state index in [2.05, 4.69) is 10.6 Å². The Morgan fingerprint density at radius 1 is 1.48 bits per heavy atom. The van der Waals surface area contributed by atoms with Gasteiger partial charge in [-0.3, -0.25) is 4.79 Å². The summed E-state index contributed by atoms with van der Waals surface area (Å²) in [5, 5.41) is 5.97. The highest BCUT2D eigenvalue weighted by Crippen LogP contribution is 2.32. The largest absolute Gasteiger partial charge is 0.363 e. The zero-order valence-electron chi connectivity index (χ0n) is 13.4. The number of halogens is 2. The number of rotatable bonds is 7. The Bertz CT molecular complexity index is 519. The van der Waals surface area contributed by atoms with Crippen LogP contribution in [0.25, 0.3) is 0 Å². The lowest BCUT2D eigenvalue weighted by atomic mass is 9.89. The Morgan fingerprint density at radius 2 is 2.30 bits per heavy atom. The van der Waals surface area contributed by atoms with Gasteiger partial charge in [-0.1, -0.05) is 19.1 Å². The lowest BCUT2D eigenvalue weighted by Crippen LogP contribution is -2.36. The standard InChI is InChI=1S/C17H24F2N2O2/c1-2-8-21-15(22)11-23-17(12-5-4-9-20-10-12)13-6-3-7-14(18)16(13)19/h3,6-7,12,17,20H,2,4-5,8-11H2,1H3,(H,21,22)/t12-,17?/m1/s1. The molecular weight excluding hydrogens is 302 g/mol. The lowest BCUT2D eigenvalue weighted by molar-refractivity contribution is -0.129. The first-order chi connectivity index (χ1) is 11.1. The summed E-state index contributed by atoms with van der Waals surface area (Å²) in [5.74, 6) is -2.01. The first-order valence-corrected chi connectivity index (χ1v) is 8.16. The van der Waals surface area contributed by atoms with E-state index in [9.17, 15) is 13.6 Å². The van der Waals surface area contributed by atoms with Gasteiger partial charge < -0.3 is 15.4 Å². The van der Waals surface area contributed by atoms with E-state index in [0.29, 0.717) is 13.1 Å². The Hall–Kier alpha value is -1.53. The second-order valence-corrected chi connectivity index (χ2v) is 5.83. The summed E-state index contributed by atoms with van der Waals surface area (Å²) in [5.41, 5.74) is 0.182. The molecule has 1 aromatic carbocycles. The Labute approximate surface area is 135 Å². The van der Waals surface area contributed by atoms with Gasteiger partial charge in [0.05, 0.1) is 6.10 Å². The van der Waals surface area contributed by atoms with E-state index in [1.807, 2.05) is 6.92 Å². The third kappa shape index (κ3) is 4.97. The molecule has 0 spiro atoms. The topological polar surface area (TPSA) is 50.4 Å². The van der Waals surface area contributed by atoms with Gasteiger partial charge in [0.25, 0.3) is 0 Å². The molecule has 23 heavy (non-hydrogen) atoms. The van der Waals surface area contributed by atoms with Crippen LogP contribution in [0.15, 0.2) is 18.2 Å². The van der Waals surface area contributed by atoms with Gasteiger partial charge in [-0.15, -0.1) is 0 Å².